The van der Waals surface area contributed by atoms with Crippen LogP contribution in [0.25, 0.3) is 0 Å². The van der Waals surface area contributed by atoms with E-state index in [4.69, 9.17) is 4.74 Å². The lowest BCUT2D eigenvalue weighted by atomic mass is 10.1. The van der Waals surface area contributed by atoms with Crippen LogP contribution in [0, 0.1) is 0 Å². The Morgan fingerprint density at radius 2 is 1.75 bits per heavy atom. The Labute approximate surface area is 144 Å². The molecule has 0 aliphatic carbocycles. The molecule has 6 nitrogen and oxygen atoms in total. The van der Waals surface area contributed by atoms with Crippen molar-refractivity contribution in [1.29, 1.82) is 0 Å². The summed E-state index contributed by atoms with van der Waals surface area (Å²) in [5, 5.41) is 5.75. The highest BCUT2D eigenvalue weighted by molar-refractivity contribution is 5.94. The van der Waals surface area contributed by atoms with Gasteiger partial charge in [-0.15, -0.1) is 0 Å². The monoisotopic (exact) mass is 335 g/mol. The number of benzene rings is 1. The lowest BCUT2D eigenvalue weighted by molar-refractivity contribution is -0.124. The number of ether oxygens (including phenoxy) is 1. The molecule has 0 aliphatic heterocycles. The van der Waals surface area contributed by atoms with Gasteiger partial charge in [0.05, 0.1) is 25.9 Å². The van der Waals surface area contributed by atoms with E-state index in [0.29, 0.717) is 18.0 Å². The van der Waals surface area contributed by atoms with E-state index in [2.05, 4.69) is 10.6 Å². The Kier molecular flexibility index (Phi) is 7.71. The molecule has 0 atom stereocenters. The van der Waals surface area contributed by atoms with Crippen LogP contribution < -0.4 is 15.4 Å². The van der Waals surface area contributed by atoms with E-state index >= 15 is 0 Å². The Balaban J connectivity index is 2.64. The van der Waals surface area contributed by atoms with E-state index in [0.717, 1.165) is 6.42 Å². The Morgan fingerprint density at radius 1 is 1.12 bits per heavy atom. The zero-order chi connectivity index (χ0) is 18.2. The summed E-state index contributed by atoms with van der Waals surface area (Å²) >= 11 is 0. The zero-order valence-corrected chi connectivity index (χ0v) is 15.3. The van der Waals surface area contributed by atoms with Gasteiger partial charge in [0.15, 0.2) is 0 Å². The van der Waals surface area contributed by atoms with Gasteiger partial charge in [0, 0.05) is 5.54 Å². The summed E-state index contributed by atoms with van der Waals surface area (Å²) in [6.45, 7) is 8.86. The molecule has 0 heterocycles. The van der Waals surface area contributed by atoms with Gasteiger partial charge in [-0.2, -0.15) is 0 Å². The van der Waals surface area contributed by atoms with Crippen molar-refractivity contribution in [2.45, 2.75) is 39.7 Å². The fourth-order valence-electron chi connectivity index (χ4n) is 2.33. The van der Waals surface area contributed by atoms with Crippen molar-refractivity contribution in [2.75, 3.05) is 32.1 Å². The van der Waals surface area contributed by atoms with Gasteiger partial charge in [0.1, 0.15) is 5.75 Å². The number of hydrogen-bond donors (Lipinski definition) is 2. The summed E-state index contributed by atoms with van der Waals surface area (Å²) in [5.74, 6) is 0.357. The van der Waals surface area contributed by atoms with E-state index in [9.17, 15) is 9.59 Å². The highest BCUT2D eigenvalue weighted by Crippen LogP contribution is 2.22. The number of amides is 2. The molecule has 0 saturated carbocycles. The van der Waals surface area contributed by atoms with E-state index in [1.807, 2.05) is 44.7 Å². The Morgan fingerprint density at radius 3 is 2.33 bits per heavy atom. The third-order valence-electron chi connectivity index (χ3n) is 3.17. The van der Waals surface area contributed by atoms with Gasteiger partial charge >= 0.3 is 0 Å². The van der Waals surface area contributed by atoms with Crippen molar-refractivity contribution in [3.63, 3.8) is 0 Å². The quantitative estimate of drug-likeness (QED) is 0.764. The minimum absolute atomic E-state index is 0.0824. The smallest absolute Gasteiger partial charge is 0.238 e. The molecule has 6 heteroatoms. The number of carbonyl (C=O) groups excluding carboxylic acids is 2. The normalized spacial score (nSPS) is 11.2. The lowest BCUT2D eigenvalue weighted by Crippen LogP contribution is -2.47. The lowest BCUT2D eigenvalue weighted by Gasteiger charge is -2.25. The molecule has 134 valence electrons. The molecule has 2 amide bonds. The van der Waals surface area contributed by atoms with E-state index in [1.54, 1.807) is 19.2 Å². The van der Waals surface area contributed by atoms with Gasteiger partial charge in [-0.3, -0.25) is 14.5 Å². The molecule has 1 aromatic carbocycles. The van der Waals surface area contributed by atoms with Crippen LogP contribution >= 0.6 is 0 Å². The molecule has 1 aromatic rings. The molecule has 0 aliphatic rings. The van der Waals surface area contributed by atoms with Crippen LogP contribution in [-0.4, -0.2) is 49.0 Å². The molecule has 0 bridgehead atoms. The maximum absolute atomic E-state index is 12.3. The molecule has 0 radical (unpaired) electrons. The average molecular weight is 335 g/mol. The summed E-state index contributed by atoms with van der Waals surface area (Å²) in [5.41, 5.74) is 0.342. The first-order valence-electron chi connectivity index (χ1n) is 8.21. The first kappa shape index (κ1) is 20.0. The fourth-order valence-corrected chi connectivity index (χ4v) is 2.33. The molecular weight excluding hydrogens is 306 g/mol. The van der Waals surface area contributed by atoms with E-state index in [1.165, 1.54) is 0 Å². The number of carbonyl (C=O) groups is 2. The number of methoxy groups -OCH3 is 1. The van der Waals surface area contributed by atoms with Gasteiger partial charge in [-0.05, 0) is 45.9 Å². The van der Waals surface area contributed by atoms with Crippen molar-refractivity contribution in [3.8, 4) is 5.75 Å². The maximum Gasteiger partial charge on any atom is 0.238 e. The van der Waals surface area contributed by atoms with Gasteiger partial charge in [0.2, 0.25) is 11.8 Å². The van der Waals surface area contributed by atoms with Gasteiger partial charge in [0.25, 0.3) is 0 Å². The van der Waals surface area contributed by atoms with Crippen LogP contribution in [0.2, 0.25) is 0 Å². The van der Waals surface area contributed by atoms with Crippen molar-refractivity contribution >= 4 is 17.5 Å². The van der Waals surface area contributed by atoms with E-state index in [-0.39, 0.29) is 30.4 Å². The third-order valence-corrected chi connectivity index (χ3v) is 3.17. The number of rotatable bonds is 8. The highest BCUT2D eigenvalue weighted by atomic mass is 16.5. The molecule has 0 saturated heterocycles. The summed E-state index contributed by atoms with van der Waals surface area (Å²) in [4.78, 5) is 26.2. The van der Waals surface area contributed by atoms with Gasteiger partial charge in [-0.1, -0.05) is 19.1 Å². The average Bonchev–Trinajstić information content (AvgIpc) is 2.45. The van der Waals surface area contributed by atoms with Crippen LogP contribution in [0.5, 0.6) is 5.75 Å². The van der Waals surface area contributed by atoms with Crippen LogP contribution in [0.1, 0.15) is 34.1 Å². The maximum atomic E-state index is 12.3. The largest absolute Gasteiger partial charge is 0.495 e. The minimum Gasteiger partial charge on any atom is -0.495 e. The van der Waals surface area contributed by atoms with E-state index < -0.39 is 0 Å². The third kappa shape index (κ3) is 7.46. The predicted molar refractivity (Wildman–Crippen MR) is 96.3 cm³/mol. The number of nitrogens with one attached hydrogen (secondary N) is 2. The first-order valence-corrected chi connectivity index (χ1v) is 8.21. The standard InChI is InChI=1S/C18H29N3O3/c1-6-11-21(13-17(23)20-18(2,3)4)12-16(22)19-14-9-7-8-10-15(14)24-5/h7-10H,6,11-13H2,1-5H3,(H,19,22)(H,20,23). The Bertz CT molecular complexity index is 553. The molecule has 0 unspecified atom stereocenters. The summed E-state index contributed by atoms with van der Waals surface area (Å²) < 4.78 is 5.23. The van der Waals surface area contributed by atoms with Gasteiger partial charge < -0.3 is 15.4 Å². The molecule has 1 rings (SSSR count). The number of hydrogen-bond acceptors (Lipinski definition) is 4. The zero-order valence-electron chi connectivity index (χ0n) is 15.3. The van der Waals surface area contributed by atoms with Crippen LogP contribution in [0.15, 0.2) is 24.3 Å². The second-order valence-corrected chi connectivity index (χ2v) is 6.76. The first-order chi connectivity index (χ1) is 11.2. The molecule has 0 aromatic heterocycles. The number of anilines is 1. The Hall–Kier alpha value is -2.08. The fraction of sp³-hybridized carbons (Fsp3) is 0.556. The van der Waals surface area contributed by atoms with Crippen LogP contribution in [0.3, 0.4) is 0 Å². The minimum atomic E-state index is -0.283. The highest BCUT2D eigenvalue weighted by Gasteiger charge is 2.18. The topological polar surface area (TPSA) is 70.7 Å². The molecule has 0 spiro atoms. The molecule has 2 N–H and O–H groups in total. The number of nitrogens with zero attached hydrogens (tertiary/aromatic N) is 1. The molecule has 0 fully saturated rings. The molecular formula is C18H29N3O3. The van der Waals surface area contributed by atoms with Gasteiger partial charge in [-0.25, -0.2) is 0 Å². The van der Waals surface area contributed by atoms with Crippen molar-refractivity contribution in [3.05, 3.63) is 24.3 Å². The number of para-hydroxylation sites is 2. The summed E-state index contributed by atoms with van der Waals surface area (Å²) in [6, 6.07) is 7.25. The predicted octanol–water partition coefficient (Wildman–Crippen LogP) is 2.26. The second kappa shape index (κ2) is 9.27. The van der Waals surface area contributed by atoms with Crippen molar-refractivity contribution in [1.82, 2.24) is 10.2 Å². The second-order valence-electron chi connectivity index (χ2n) is 6.76. The summed E-state index contributed by atoms with van der Waals surface area (Å²) in [7, 11) is 1.56. The van der Waals surface area contributed by atoms with Crippen LogP contribution in [0.4, 0.5) is 5.69 Å². The van der Waals surface area contributed by atoms with Crippen molar-refractivity contribution < 1.29 is 14.3 Å². The van der Waals surface area contributed by atoms with Crippen molar-refractivity contribution in [2.24, 2.45) is 0 Å². The van der Waals surface area contributed by atoms with Crippen LogP contribution in [-0.2, 0) is 9.59 Å². The summed E-state index contributed by atoms with van der Waals surface area (Å²) in [6.07, 6.45) is 0.866. The molecule has 24 heavy (non-hydrogen) atoms. The SMILES string of the molecule is CCCN(CC(=O)Nc1ccccc1OC)CC(=O)NC(C)(C)C.